The van der Waals surface area contributed by atoms with Gasteiger partial charge in [0.2, 0.25) is 0 Å². The second-order valence-corrected chi connectivity index (χ2v) is 7.03. The van der Waals surface area contributed by atoms with Crippen molar-refractivity contribution in [1.82, 2.24) is 14.5 Å². The van der Waals surface area contributed by atoms with E-state index in [1.165, 1.54) is 17.9 Å². The Morgan fingerprint density at radius 2 is 2.11 bits per heavy atom. The lowest BCUT2D eigenvalue weighted by Gasteiger charge is -2.35. The van der Waals surface area contributed by atoms with Gasteiger partial charge < -0.3 is 5.11 Å². The zero-order valence-electron chi connectivity index (χ0n) is 10.8. The maximum Gasteiger partial charge on any atom is 0.259 e. The van der Waals surface area contributed by atoms with Crippen molar-refractivity contribution in [2.45, 2.75) is 42.7 Å². The van der Waals surface area contributed by atoms with Crippen molar-refractivity contribution in [2.75, 3.05) is 6.61 Å². The van der Waals surface area contributed by atoms with E-state index >= 15 is 0 Å². The Hall–Kier alpha value is -0.630. The van der Waals surface area contributed by atoms with Gasteiger partial charge in [0.15, 0.2) is 5.03 Å². The number of nitrogens with zero attached hydrogens (tertiary/aromatic N) is 2. The number of halogens is 1. The van der Waals surface area contributed by atoms with E-state index in [0.717, 1.165) is 19.3 Å². The first-order valence-electron chi connectivity index (χ1n) is 6.23. The van der Waals surface area contributed by atoms with Crippen molar-refractivity contribution >= 4 is 21.6 Å². The molecule has 1 aliphatic carbocycles. The van der Waals surface area contributed by atoms with Gasteiger partial charge in [-0.15, -0.1) is 0 Å². The summed E-state index contributed by atoms with van der Waals surface area (Å²) in [4.78, 5) is 0. The van der Waals surface area contributed by atoms with Crippen LogP contribution in [0.3, 0.4) is 0 Å². The molecule has 2 N–H and O–H groups in total. The van der Waals surface area contributed by atoms with Gasteiger partial charge in [0.05, 0.1) is 23.4 Å². The molecule has 0 spiro atoms. The highest BCUT2D eigenvalue weighted by atomic mass is 35.5. The van der Waals surface area contributed by atoms with Gasteiger partial charge in [-0.25, -0.2) is 13.1 Å². The first-order valence-corrected chi connectivity index (χ1v) is 8.09. The highest BCUT2D eigenvalue weighted by Crippen LogP contribution is 2.30. The molecule has 0 atom stereocenters. The van der Waals surface area contributed by atoms with Crippen molar-refractivity contribution in [3.63, 3.8) is 0 Å². The van der Waals surface area contributed by atoms with E-state index in [4.69, 9.17) is 11.6 Å². The van der Waals surface area contributed by atoms with Gasteiger partial charge in [-0.05, 0) is 12.8 Å². The molecule has 1 aliphatic rings. The maximum atomic E-state index is 12.4. The second-order valence-electron chi connectivity index (χ2n) is 5.03. The molecule has 1 heterocycles. The third kappa shape index (κ3) is 2.94. The third-order valence-electron chi connectivity index (χ3n) is 3.56. The van der Waals surface area contributed by atoms with E-state index in [2.05, 4.69) is 9.82 Å². The van der Waals surface area contributed by atoms with Gasteiger partial charge in [-0.1, -0.05) is 30.9 Å². The summed E-state index contributed by atoms with van der Waals surface area (Å²) in [5, 5.41) is 13.4. The lowest BCUT2D eigenvalue weighted by molar-refractivity contribution is 0.142. The standard InChI is InChI=1S/C11H18ClN3O3S/c1-15-10(9(12)7-13-15)19(17,18)14-11(8-16)5-3-2-4-6-11/h7,14,16H,2-6,8H2,1H3. The Balaban J connectivity index is 2.30. The normalized spacial score (nSPS) is 19.5. The molecular formula is C11H18ClN3O3S. The lowest BCUT2D eigenvalue weighted by Crippen LogP contribution is -2.52. The minimum absolute atomic E-state index is 0.0624. The van der Waals surface area contributed by atoms with Crippen molar-refractivity contribution in [3.8, 4) is 0 Å². The van der Waals surface area contributed by atoms with E-state index in [1.807, 2.05) is 0 Å². The molecule has 2 rings (SSSR count). The van der Waals surface area contributed by atoms with E-state index < -0.39 is 15.6 Å². The van der Waals surface area contributed by atoms with Crippen molar-refractivity contribution in [1.29, 1.82) is 0 Å². The number of rotatable bonds is 4. The summed E-state index contributed by atoms with van der Waals surface area (Å²) in [7, 11) is -2.27. The molecule has 0 radical (unpaired) electrons. The van der Waals surface area contributed by atoms with Crippen LogP contribution in [0, 0.1) is 0 Å². The fourth-order valence-corrected chi connectivity index (χ4v) is 4.67. The van der Waals surface area contributed by atoms with Crippen molar-refractivity contribution in [2.24, 2.45) is 7.05 Å². The van der Waals surface area contributed by atoms with Gasteiger partial charge in [0.1, 0.15) is 0 Å². The number of nitrogens with one attached hydrogen (secondary N) is 1. The quantitative estimate of drug-likeness (QED) is 0.870. The molecule has 1 fully saturated rings. The SMILES string of the molecule is Cn1ncc(Cl)c1S(=O)(=O)NC1(CO)CCCCC1. The Morgan fingerprint density at radius 3 is 2.58 bits per heavy atom. The van der Waals surface area contributed by atoms with Crippen LogP contribution in [0.1, 0.15) is 32.1 Å². The Bertz CT molecular complexity index is 530. The highest BCUT2D eigenvalue weighted by molar-refractivity contribution is 7.89. The fraction of sp³-hybridized carbons (Fsp3) is 0.727. The molecule has 0 aromatic carbocycles. The topological polar surface area (TPSA) is 84.2 Å². The Kier molecular flexibility index (Phi) is 4.20. The number of hydrogen-bond acceptors (Lipinski definition) is 4. The summed E-state index contributed by atoms with van der Waals surface area (Å²) < 4.78 is 28.6. The molecule has 0 aliphatic heterocycles. The lowest BCUT2D eigenvalue weighted by atomic mass is 9.83. The summed E-state index contributed by atoms with van der Waals surface area (Å²) in [5.41, 5.74) is -0.773. The number of aromatic nitrogens is 2. The van der Waals surface area contributed by atoms with Crippen molar-refractivity contribution < 1.29 is 13.5 Å². The van der Waals surface area contributed by atoms with Crippen LogP contribution in [0.15, 0.2) is 11.2 Å². The summed E-state index contributed by atoms with van der Waals surface area (Å²) >= 11 is 5.87. The zero-order valence-corrected chi connectivity index (χ0v) is 12.3. The fourth-order valence-electron chi connectivity index (χ4n) is 2.56. The molecule has 6 nitrogen and oxygen atoms in total. The van der Waals surface area contributed by atoms with Gasteiger partial charge in [0, 0.05) is 7.05 Å². The number of aliphatic hydroxyl groups excluding tert-OH is 1. The van der Waals surface area contributed by atoms with Crippen LogP contribution < -0.4 is 4.72 Å². The maximum absolute atomic E-state index is 12.4. The summed E-state index contributed by atoms with van der Waals surface area (Å²) in [6, 6.07) is 0. The average molecular weight is 308 g/mol. The van der Waals surface area contributed by atoms with Crippen LogP contribution in [-0.2, 0) is 17.1 Å². The van der Waals surface area contributed by atoms with Crippen LogP contribution >= 0.6 is 11.6 Å². The van der Waals surface area contributed by atoms with Gasteiger partial charge in [-0.3, -0.25) is 4.68 Å². The zero-order chi connectivity index (χ0) is 14.1. The van der Waals surface area contributed by atoms with Gasteiger partial charge >= 0.3 is 0 Å². The molecule has 0 bridgehead atoms. The van der Waals surface area contributed by atoms with Gasteiger partial charge in [-0.2, -0.15) is 5.10 Å². The molecule has 1 aromatic rings. The van der Waals surface area contributed by atoms with Crippen molar-refractivity contribution in [3.05, 3.63) is 11.2 Å². The molecular weight excluding hydrogens is 290 g/mol. The van der Waals surface area contributed by atoms with Crippen LogP contribution in [0.25, 0.3) is 0 Å². The van der Waals surface area contributed by atoms with E-state index in [9.17, 15) is 13.5 Å². The minimum atomic E-state index is -3.79. The molecule has 19 heavy (non-hydrogen) atoms. The molecule has 108 valence electrons. The summed E-state index contributed by atoms with van der Waals surface area (Å²) in [6.45, 7) is -0.207. The summed E-state index contributed by atoms with van der Waals surface area (Å²) in [5.74, 6) is 0. The van der Waals surface area contributed by atoms with Crippen LogP contribution in [0.4, 0.5) is 0 Å². The van der Waals surface area contributed by atoms with E-state index in [1.54, 1.807) is 0 Å². The largest absolute Gasteiger partial charge is 0.394 e. The molecule has 1 saturated carbocycles. The highest BCUT2D eigenvalue weighted by Gasteiger charge is 2.37. The predicted octanol–water partition coefficient (Wildman–Crippen LogP) is 1.05. The number of aliphatic hydroxyl groups is 1. The monoisotopic (exact) mass is 307 g/mol. The number of sulfonamides is 1. The van der Waals surface area contributed by atoms with Crippen LogP contribution in [0.2, 0.25) is 5.02 Å². The average Bonchev–Trinajstić information content (AvgIpc) is 2.70. The molecule has 0 amide bonds. The van der Waals surface area contributed by atoms with E-state index in [0.29, 0.717) is 12.8 Å². The van der Waals surface area contributed by atoms with Gasteiger partial charge in [0.25, 0.3) is 10.0 Å². The second kappa shape index (κ2) is 5.40. The molecule has 0 saturated heterocycles. The first-order chi connectivity index (χ1) is 8.90. The Morgan fingerprint density at radius 1 is 1.47 bits per heavy atom. The molecule has 1 aromatic heterocycles. The Labute approximate surface area is 117 Å². The molecule has 8 heteroatoms. The van der Waals surface area contributed by atoms with Crippen LogP contribution in [-0.4, -0.2) is 35.5 Å². The van der Waals surface area contributed by atoms with E-state index in [-0.39, 0.29) is 16.7 Å². The molecule has 0 unspecified atom stereocenters. The smallest absolute Gasteiger partial charge is 0.259 e. The third-order valence-corrected chi connectivity index (χ3v) is 5.64. The summed E-state index contributed by atoms with van der Waals surface area (Å²) in [6.07, 6.45) is 5.44. The minimum Gasteiger partial charge on any atom is -0.394 e. The first kappa shape index (κ1) is 14.8. The predicted molar refractivity (Wildman–Crippen MR) is 71.4 cm³/mol. The number of hydrogen-bond donors (Lipinski definition) is 2. The van der Waals surface area contributed by atoms with Crippen LogP contribution in [0.5, 0.6) is 0 Å². The number of aryl methyl sites for hydroxylation is 1.